The van der Waals surface area contributed by atoms with Crippen molar-refractivity contribution in [2.45, 2.75) is 70.4 Å². The topological polar surface area (TPSA) is 78.5 Å². The molecule has 2 aromatic rings. The van der Waals surface area contributed by atoms with Gasteiger partial charge in [0.05, 0.1) is 5.69 Å². The second-order valence-corrected chi connectivity index (χ2v) is 10.1. The van der Waals surface area contributed by atoms with Crippen LogP contribution in [0.15, 0.2) is 47.4 Å². The molecule has 1 fully saturated rings. The van der Waals surface area contributed by atoms with E-state index in [1.54, 1.807) is 18.2 Å². The Balaban J connectivity index is 1.99. The van der Waals surface area contributed by atoms with Crippen LogP contribution in [0.3, 0.4) is 0 Å². The third kappa shape index (κ3) is 5.46. The number of rotatable bonds is 7. The van der Waals surface area contributed by atoms with Crippen molar-refractivity contribution in [2.24, 2.45) is 0 Å². The maximum atomic E-state index is 13.3. The van der Waals surface area contributed by atoms with Crippen molar-refractivity contribution in [1.29, 1.82) is 0 Å². The van der Waals surface area contributed by atoms with Gasteiger partial charge in [-0.2, -0.15) is 0 Å². The van der Waals surface area contributed by atoms with Crippen LogP contribution < -0.4 is 14.9 Å². The monoisotopic (exact) mass is 443 g/mol. The molecule has 1 amide bonds. The van der Waals surface area contributed by atoms with Crippen LogP contribution in [0.5, 0.6) is 0 Å². The molecule has 1 aliphatic rings. The summed E-state index contributed by atoms with van der Waals surface area (Å²) in [6.45, 7) is 8.62. The SMILES string of the molecule is CC[C@H](C)NS(=O)(=O)c1cc(NC(=O)c2ccccc2C)ccc1N1CCCC[C@H]1C. The van der Waals surface area contributed by atoms with E-state index in [0.29, 0.717) is 23.4 Å². The van der Waals surface area contributed by atoms with Crippen molar-refractivity contribution < 1.29 is 13.2 Å². The number of hydrogen-bond acceptors (Lipinski definition) is 4. The maximum Gasteiger partial charge on any atom is 0.255 e. The van der Waals surface area contributed by atoms with E-state index in [1.807, 2.05) is 45.0 Å². The van der Waals surface area contributed by atoms with Crippen LogP contribution >= 0.6 is 0 Å². The van der Waals surface area contributed by atoms with E-state index in [9.17, 15) is 13.2 Å². The summed E-state index contributed by atoms with van der Waals surface area (Å²) in [6.07, 6.45) is 3.91. The van der Waals surface area contributed by atoms with Crippen molar-refractivity contribution in [2.75, 3.05) is 16.8 Å². The zero-order valence-electron chi connectivity index (χ0n) is 18.8. The quantitative estimate of drug-likeness (QED) is 0.650. The molecule has 0 aliphatic carbocycles. The van der Waals surface area contributed by atoms with Gasteiger partial charge in [0.15, 0.2) is 0 Å². The van der Waals surface area contributed by atoms with Crippen molar-refractivity contribution in [3.05, 3.63) is 53.6 Å². The van der Waals surface area contributed by atoms with E-state index < -0.39 is 10.0 Å². The largest absolute Gasteiger partial charge is 0.368 e. The standard InChI is InChI=1S/C24H33N3O3S/c1-5-18(3)26-31(29,30)23-16-20(25-24(28)21-12-7-6-10-17(21)2)13-14-22(23)27-15-9-8-11-19(27)4/h6-7,10,12-14,16,18-19,26H,5,8-9,11,15H2,1-4H3,(H,25,28)/t18-,19+/m0/s1. The number of hydrogen-bond donors (Lipinski definition) is 2. The molecule has 1 saturated heterocycles. The Bertz CT molecular complexity index is 1040. The summed E-state index contributed by atoms with van der Waals surface area (Å²) in [6, 6.07) is 12.6. The molecule has 31 heavy (non-hydrogen) atoms. The van der Waals surface area contributed by atoms with Gasteiger partial charge in [0.1, 0.15) is 4.90 Å². The first-order chi connectivity index (χ1) is 14.7. The lowest BCUT2D eigenvalue weighted by Crippen LogP contribution is -2.39. The van der Waals surface area contributed by atoms with Crippen LogP contribution in [0.4, 0.5) is 11.4 Å². The molecule has 6 nitrogen and oxygen atoms in total. The van der Waals surface area contributed by atoms with E-state index in [4.69, 9.17) is 0 Å². The number of nitrogens with zero attached hydrogens (tertiary/aromatic N) is 1. The second-order valence-electron chi connectivity index (χ2n) is 8.42. The van der Waals surface area contributed by atoms with Crippen LogP contribution in [-0.4, -0.2) is 33.0 Å². The van der Waals surface area contributed by atoms with Gasteiger partial charge in [0.2, 0.25) is 10.0 Å². The number of carbonyl (C=O) groups excluding carboxylic acids is 1. The summed E-state index contributed by atoms with van der Waals surface area (Å²) < 4.78 is 29.3. The molecular formula is C24H33N3O3S. The van der Waals surface area contributed by atoms with Crippen molar-refractivity contribution in [3.8, 4) is 0 Å². The first-order valence-corrected chi connectivity index (χ1v) is 12.5. The summed E-state index contributed by atoms with van der Waals surface area (Å²) in [7, 11) is -3.75. The molecule has 2 aromatic carbocycles. The van der Waals surface area contributed by atoms with Crippen molar-refractivity contribution in [1.82, 2.24) is 4.72 Å². The summed E-state index contributed by atoms with van der Waals surface area (Å²) in [5.41, 5.74) is 2.59. The number of piperidine rings is 1. The average Bonchev–Trinajstić information content (AvgIpc) is 2.74. The molecular weight excluding hydrogens is 410 g/mol. The molecule has 0 aromatic heterocycles. The highest BCUT2D eigenvalue weighted by molar-refractivity contribution is 7.89. The minimum atomic E-state index is -3.75. The summed E-state index contributed by atoms with van der Waals surface area (Å²) in [5, 5.41) is 2.87. The number of anilines is 2. The summed E-state index contributed by atoms with van der Waals surface area (Å²) in [5.74, 6) is -0.254. The lowest BCUT2D eigenvalue weighted by Gasteiger charge is -2.36. The predicted molar refractivity (Wildman–Crippen MR) is 126 cm³/mol. The van der Waals surface area contributed by atoms with Crippen LogP contribution in [0, 0.1) is 6.92 Å². The first kappa shape index (κ1) is 23.3. The molecule has 0 saturated carbocycles. The van der Waals surface area contributed by atoms with Gasteiger partial charge in [0, 0.05) is 29.9 Å². The van der Waals surface area contributed by atoms with E-state index in [1.165, 1.54) is 0 Å². The smallest absolute Gasteiger partial charge is 0.255 e. The normalized spacial score (nSPS) is 17.9. The minimum Gasteiger partial charge on any atom is -0.368 e. The Morgan fingerprint density at radius 1 is 1.19 bits per heavy atom. The highest BCUT2D eigenvalue weighted by Gasteiger charge is 2.28. The summed E-state index contributed by atoms with van der Waals surface area (Å²) >= 11 is 0. The predicted octanol–water partition coefficient (Wildman–Crippen LogP) is 4.70. The highest BCUT2D eigenvalue weighted by atomic mass is 32.2. The lowest BCUT2D eigenvalue weighted by atomic mass is 10.0. The van der Waals surface area contributed by atoms with Crippen LogP contribution in [-0.2, 0) is 10.0 Å². The Morgan fingerprint density at radius 2 is 1.94 bits per heavy atom. The highest BCUT2D eigenvalue weighted by Crippen LogP contribution is 2.33. The van der Waals surface area contributed by atoms with Gasteiger partial charge in [-0.15, -0.1) is 0 Å². The van der Waals surface area contributed by atoms with Gasteiger partial charge in [-0.1, -0.05) is 25.1 Å². The van der Waals surface area contributed by atoms with Gasteiger partial charge in [-0.05, 0) is 76.3 Å². The number of aryl methyl sites for hydroxylation is 1. The molecule has 0 bridgehead atoms. The van der Waals surface area contributed by atoms with E-state index in [2.05, 4.69) is 21.9 Å². The number of sulfonamides is 1. The minimum absolute atomic E-state index is 0.179. The van der Waals surface area contributed by atoms with Gasteiger partial charge in [-0.25, -0.2) is 13.1 Å². The van der Waals surface area contributed by atoms with Crippen LogP contribution in [0.1, 0.15) is 62.4 Å². The zero-order chi connectivity index (χ0) is 22.6. The fraction of sp³-hybridized carbons (Fsp3) is 0.458. The molecule has 0 unspecified atom stereocenters. The average molecular weight is 444 g/mol. The Morgan fingerprint density at radius 3 is 2.61 bits per heavy atom. The Hall–Kier alpha value is -2.38. The van der Waals surface area contributed by atoms with E-state index >= 15 is 0 Å². The fourth-order valence-electron chi connectivity index (χ4n) is 3.94. The number of amides is 1. The van der Waals surface area contributed by atoms with E-state index in [0.717, 1.165) is 31.4 Å². The van der Waals surface area contributed by atoms with Gasteiger partial charge in [0.25, 0.3) is 5.91 Å². The number of benzene rings is 2. The van der Waals surface area contributed by atoms with Crippen LogP contribution in [0.2, 0.25) is 0 Å². The van der Waals surface area contributed by atoms with Crippen LogP contribution in [0.25, 0.3) is 0 Å². The van der Waals surface area contributed by atoms with Crippen molar-refractivity contribution >= 4 is 27.3 Å². The molecule has 1 aliphatic heterocycles. The zero-order valence-corrected chi connectivity index (χ0v) is 19.6. The molecule has 1 heterocycles. The Labute approximate surface area is 186 Å². The maximum absolute atomic E-state index is 13.3. The molecule has 2 atom stereocenters. The molecule has 2 N–H and O–H groups in total. The van der Waals surface area contributed by atoms with E-state index in [-0.39, 0.29) is 22.9 Å². The van der Waals surface area contributed by atoms with Gasteiger partial charge < -0.3 is 10.2 Å². The molecule has 3 rings (SSSR count). The first-order valence-electron chi connectivity index (χ1n) is 11.0. The number of nitrogens with one attached hydrogen (secondary N) is 2. The fourth-order valence-corrected chi connectivity index (χ4v) is 5.50. The molecule has 0 radical (unpaired) electrons. The van der Waals surface area contributed by atoms with Gasteiger partial charge >= 0.3 is 0 Å². The molecule has 0 spiro atoms. The second kappa shape index (κ2) is 9.83. The number of carbonyl (C=O) groups is 1. The lowest BCUT2D eigenvalue weighted by molar-refractivity contribution is 0.102. The third-order valence-corrected chi connectivity index (χ3v) is 7.60. The summed E-state index contributed by atoms with van der Waals surface area (Å²) in [4.78, 5) is 15.2. The molecule has 7 heteroatoms. The van der Waals surface area contributed by atoms with Crippen molar-refractivity contribution in [3.63, 3.8) is 0 Å². The third-order valence-electron chi connectivity index (χ3n) is 5.98. The molecule has 168 valence electrons. The Kier molecular flexibility index (Phi) is 7.38. The van der Waals surface area contributed by atoms with Gasteiger partial charge in [-0.3, -0.25) is 4.79 Å².